The van der Waals surface area contributed by atoms with Crippen LogP contribution in [0.5, 0.6) is 0 Å². The number of anilines is 1. The monoisotopic (exact) mass is 449 g/mol. The van der Waals surface area contributed by atoms with E-state index in [1.807, 2.05) is 29.6 Å². The molecule has 0 saturated heterocycles. The summed E-state index contributed by atoms with van der Waals surface area (Å²) in [6, 6.07) is 7.80. The molecule has 4 aromatic rings. The molecule has 0 bridgehead atoms. The lowest BCUT2D eigenvalue weighted by Gasteiger charge is -2.03. The van der Waals surface area contributed by atoms with Gasteiger partial charge in [0.1, 0.15) is 10.7 Å². The largest absolute Gasteiger partial charge is 0.358 e. The molecule has 2 N–H and O–H groups in total. The lowest BCUT2D eigenvalue weighted by molar-refractivity contribution is 0.883. The van der Waals surface area contributed by atoms with Crippen LogP contribution in [0.1, 0.15) is 19.7 Å². The fourth-order valence-electron chi connectivity index (χ4n) is 2.64. The molecule has 0 aliphatic carbocycles. The van der Waals surface area contributed by atoms with Gasteiger partial charge in [0.15, 0.2) is 4.34 Å². The van der Waals surface area contributed by atoms with Gasteiger partial charge in [-0.15, -0.1) is 21.5 Å². The van der Waals surface area contributed by atoms with Gasteiger partial charge in [0.2, 0.25) is 5.13 Å². The van der Waals surface area contributed by atoms with Gasteiger partial charge in [-0.2, -0.15) is 0 Å². The van der Waals surface area contributed by atoms with Gasteiger partial charge in [-0.1, -0.05) is 52.9 Å². The smallest absolute Gasteiger partial charge is 0.260 e. The maximum atomic E-state index is 12.7. The maximum Gasteiger partial charge on any atom is 0.260 e. The maximum absolute atomic E-state index is 12.7. The van der Waals surface area contributed by atoms with Crippen LogP contribution >= 0.6 is 46.0 Å². The second kappa shape index (κ2) is 8.20. The van der Waals surface area contributed by atoms with E-state index in [9.17, 15) is 4.79 Å². The number of nitrogens with zero attached hydrogens (tertiary/aromatic N) is 3. The summed E-state index contributed by atoms with van der Waals surface area (Å²) < 4.78 is 0.828. The van der Waals surface area contributed by atoms with Gasteiger partial charge in [-0.3, -0.25) is 4.79 Å². The van der Waals surface area contributed by atoms with Gasteiger partial charge in [-0.25, -0.2) is 4.98 Å². The number of rotatable bonds is 6. The summed E-state index contributed by atoms with van der Waals surface area (Å²) in [6.07, 6.45) is 0. The highest BCUT2D eigenvalue weighted by Gasteiger charge is 2.15. The van der Waals surface area contributed by atoms with E-state index in [0.717, 1.165) is 20.6 Å². The van der Waals surface area contributed by atoms with Crippen molar-refractivity contribution < 1.29 is 0 Å². The van der Waals surface area contributed by atoms with Gasteiger partial charge < -0.3 is 10.3 Å². The summed E-state index contributed by atoms with van der Waals surface area (Å²) in [5.74, 6) is 1.13. The number of hydrogen-bond donors (Lipinski definition) is 2. The Labute approximate surface area is 178 Å². The van der Waals surface area contributed by atoms with Gasteiger partial charge in [0.05, 0.1) is 11.1 Å². The van der Waals surface area contributed by atoms with Gasteiger partial charge in [0, 0.05) is 27.6 Å². The van der Waals surface area contributed by atoms with Crippen LogP contribution in [-0.2, 0) is 5.75 Å². The molecule has 1 aromatic carbocycles. The zero-order chi connectivity index (χ0) is 19.7. The molecule has 6 nitrogen and oxygen atoms in total. The lowest BCUT2D eigenvalue weighted by Crippen LogP contribution is -2.10. The van der Waals surface area contributed by atoms with E-state index in [0.29, 0.717) is 32.9 Å². The lowest BCUT2D eigenvalue weighted by atomic mass is 10.1. The fraction of sp³-hybridized carbons (Fsp3) is 0.222. The summed E-state index contributed by atoms with van der Waals surface area (Å²) in [6.45, 7) is 4.10. The molecule has 0 fully saturated rings. The van der Waals surface area contributed by atoms with E-state index in [2.05, 4.69) is 39.3 Å². The average Bonchev–Trinajstić information content (AvgIpc) is 3.27. The molecule has 0 amide bonds. The van der Waals surface area contributed by atoms with E-state index >= 15 is 0 Å². The first-order valence-electron chi connectivity index (χ1n) is 8.49. The minimum Gasteiger partial charge on any atom is -0.358 e. The third kappa shape index (κ3) is 4.07. The van der Waals surface area contributed by atoms with Crippen molar-refractivity contribution >= 4 is 61.4 Å². The summed E-state index contributed by atoms with van der Waals surface area (Å²) in [5, 5.41) is 15.4. The van der Waals surface area contributed by atoms with Crippen molar-refractivity contribution in [3.63, 3.8) is 0 Å². The Kier molecular flexibility index (Phi) is 5.68. The van der Waals surface area contributed by atoms with Crippen molar-refractivity contribution in [3.05, 3.63) is 50.8 Å². The van der Waals surface area contributed by atoms with Gasteiger partial charge in [-0.05, 0) is 19.9 Å². The summed E-state index contributed by atoms with van der Waals surface area (Å²) in [7, 11) is 0. The number of fused-ring (bicyclic) bond motifs is 1. The molecule has 3 heterocycles. The molecule has 0 saturated carbocycles. The zero-order valence-electron chi connectivity index (χ0n) is 15.0. The second-order valence-corrected chi connectivity index (χ2v) is 9.75. The van der Waals surface area contributed by atoms with E-state index in [-0.39, 0.29) is 5.56 Å². The molecule has 3 aromatic heterocycles. The number of H-pyrrole nitrogens is 1. The van der Waals surface area contributed by atoms with E-state index in [1.165, 1.54) is 34.4 Å². The molecular weight excluding hydrogens is 434 g/mol. The van der Waals surface area contributed by atoms with Crippen LogP contribution in [0.3, 0.4) is 0 Å². The number of halogens is 1. The van der Waals surface area contributed by atoms with Crippen molar-refractivity contribution in [1.82, 2.24) is 20.2 Å². The van der Waals surface area contributed by atoms with Gasteiger partial charge in [0.25, 0.3) is 5.56 Å². The highest BCUT2D eigenvalue weighted by Crippen LogP contribution is 2.35. The predicted octanol–water partition coefficient (Wildman–Crippen LogP) is 5.27. The first-order chi connectivity index (χ1) is 13.5. The minimum absolute atomic E-state index is 0.156. The SMILES string of the molecule is CC(C)Nc1nnc(SCc2nc3scc(-c4ccccc4Cl)c3c(=O)[nH]2)s1. The normalized spacial score (nSPS) is 11.4. The van der Waals surface area contributed by atoms with Gasteiger partial charge >= 0.3 is 0 Å². The Balaban J connectivity index is 1.58. The zero-order valence-corrected chi connectivity index (χ0v) is 18.2. The molecule has 0 aliphatic rings. The molecular formula is C18H16ClN5OS3. The molecule has 10 heteroatoms. The Morgan fingerprint density at radius 1 is 1.25 bits per heavy atom. The van der Waals surface area contributed by atoms with E-state index in [4.69, 9.17) is 11.6 Å². The van der Waals surface area contributed by atoms with Crippen LogP contribution in [-0.4, -0.2) is 26.2 Å². The van der Waals surface area contributed by atoms with Crippen molar-refractivity contribution in [2.45, 2.75) is 30.0 Å². The van der Waals surface area contributed by atoms with Crippen LogP contribution in [0, 0.1) is 0 Å². The molecule has 0 unspecified atom stereocenters. The quantitative estimate of drug-likeness (QED) is 0.390. The summed E-state index contributed by atoms with van der Waals surface area (Å²) in [5.41, 5.74) is 1.49. The van der Waals surface area contributed by atoms with Crippen LogP contribution < -0.4 is 10.9 Å². The number of aromatic nitrogens is 4. The number of hydrogen-bond acceptors (Lipinski definition) is 8. The fourth-order valence-corrected chi connectivity index (χ4v) is 5.61. The molecule has 0 spiro atoms. The average molecular weight is 450 g/mol. The highest BCUT2D eigenvalue weighted by atomic mass is 35.5. The number of benzene rings is 1. The van der Waals surface area contributed by atoms with Crippen molar-refractivity contribution in [3.8, 4) is 11.1 Å². The van der Waals surface area contributed by atoms with Crippen LogP contribution in [0.25, 0.3) is 21.3 Å². The van der Waals surface area contributed by atoms with Crippen molar-refractivity contribution in [1.29, 1.82) is 0 Å². The molecule has 0 aliphatic heterocycles. The van der Waals surface area contributed by atoms with Crippen molar-refractivity contribution in [2.24, 2.45) is 0 Å². The molecule has 0 atom stereocenters. The Hall–Kier alpha value is -1.94. The first kappa shape index (κ1) is 19.4. The van der Waals surface area contributed by atoms with E-state index in [1.54, 1.807) is 0 Å². The number of thiophene rings is 1. The summed E-state index contributed by atoms with van der Waals surface area (Å²) in [4.78, 5) is 20.9. The number of thioether (sulfide) groups is 1. The number of nitrogens with one attached hydrogen (secondary N) is 2. The predicted molar refractivity (Wildman–Crippen MR) is 119 cm³/mol. The minimum atomic E-state index is -0.156. The standard InChI is InChI=1S/C18H16ClN5OS3/c1-9(2)20-17-23-24-18(28-17)27-8-13-21-15(25)14-11(7-26-16(14)22-13)10-5-3-4-6-12(10)19/h3-7,9H,8H2,1-2H3,(H,20,23)(H,21,22,25). The molecule has 4 rings (SSSR count). The second-order valence-electron chi connectivity index (χ2n) is 6.28. The van der Waals surface area contributed by atoms with Crippen LogP contribution in [0.4, 0.5) is 5.13 Å². The molecule has 28 heavy (non-hydrogen) atoms. The summed E-state index contributed by atoms with van der Waals surface area (Å²) >= 11 is 10.7. The Morgan fingerprint density at radius 3 is 2.86 bits per heavy atom. The molecule has 0 radical (unpaired) electrons. The Morgan fingerprint density at radius 2 is 2.07 bits per heavy atom. The van der Waals surface area contributed by atoms with Crippen molar-refractivity contribution in [2.75, 3.05) is 5.32 Å². The first-order valence-corrected chi connectivity index (χ1v) is 11.6. The van der Waals surface area contributed by atoms with E-state index < -0.39 is 0 Å². The van der Waals surface area contributed by atoms with Crippen LogP contribution in [0.2, 0.25) is 5.02 Å². The molecule has 144 valence electrons. The Bertz CT molecular complexity index is 1180. The highest BCUT2D eigenvalue weighted by molar-refractivity contribution is 8.00. The third-order valence-corrected chi connectivity index (χ3v) is 7.01. The van der Waals surface area contributed by atoms with Crippen LogP contribution in [0.15, 0.2) is 38.8 Å². The topological polar surface area (TPSA) is 83.6 Å². The third-order valence-electron chi connectivity index (χ3n) is 3.81. The number of aromatic amines is 1.